The summed E-state index contributed by atoms with van der Waals surface area (Å²) in [7, 11) is 5.60. The van der Waals surface area contributed by atoms with Crippen LogP contribution in [0.1, 0.15) is 22.8 Å². The maximum atomic E-state index is 13.1. The lowest BCUT2D eigenvalue weighted by Gasteiger charge is -2.36. The van der Waals surface area contributed by atoms with Crippen molar-refractivity contribution in [3.05, 3.63) is 56.5 Å². The monoisotopic (exact) mass is 510 g/mol. The summed E-state index contributed by atoms with van der Waals surface area (Å²) in [6.45, 7) is 0. The van der Waals surface area contributed by atoms with Crippen LogP contribution in [0.15, 0.2) is 34.8 Å². The van der Waals surface area contributed by atoms with Crippen LogP contribution in [0.4, 0.5) is 0 Å². The molecule has 2 heterocycles. The van der Waals surface area contributed by atoms with Crippen molar-refractivity contribution in [3.63, 3.8) is 0 Å². The molecule has 1 fully saturated rings. The van der Waals surface area contributed by atoms with E-state index in [1.165, 1.54) is 28.4 Å². The molecule has 2 aromatic carbocycles. The van der Waals surface area contributed by atoms with Gasteiger partial charge in [0.2, 0.25) is 0 Å². The first kappa shape index (κ1) is 21.9. The molecule has 164 valence electrons. The second-order valence-electron chi connectivity index (χ2n) is 7.25. The summed E-state index contributed by atoms with van der Waals surface area (Å²) in [5.74, 6) is -2.11. The summed E-state index contributed by atoms with van der Waals surface area (Å²) in [5.41, 5.74) is 0.717. The molecule has 2 aliphatic rings. The maximum absolute atomic E-state index is 13.1. The zero-order valence-electron chi connectivity index (χ0n) is 17.2. The number of carbonyl (C=O) groups is 2. The van der Waals surface area contributed by atoms with Crippen molar-refractivity contribution in [2.45, 2.75) is 11.7 Å². The van der Waals surface area contributed by atoms with E-state index < -0.39 is 35.5 Å². The minimum atomic E-state index is -1.33. The Labute approximate surface area is 192 Å². The van der Waals surface area contributed by atoms with E-state index in [0.717, 1.165) is 5.56 Å². The Morgan fingerprint density at radius 2 is 1.74 bits per heavy atom. The van der Waals surface area contributed by atoms with Crippen LogP contribution < -0.4 is 9.47 Å². The molecule has 0 saturated carbocycles. The number of hydrogen-bond donors (Lipinski definition) is 0. The molecule has 9 heteroatoms. The molecule has 2 aromatic rings. The number of halogens is 2. The quantitative estimate of drug-likeness (QED) is 0.561. The van der Waals surface area contributed by atoms with Crippen LogP contribution >= 0.6 is 27.5 Å². The fourth-order valence-corrected chi connectivity index (χ4v) is 5.51. The third-order valence-corrected chi connectivity index (χ3v) is 6.77. The predicted octanol–water partition coefficient (Wildman–Crippen LogP) is 4.03. The van der Waals surface area contributed by atoms with E-state index in [1.807, 2.05) is 6.07 Å². The van der Waals surface area contributed by atoms with Crippen LogP contribution in [0.3, 0.4) is 0 Å². The summed E-state index contributed by atoms with van der Waals surface area (Å²) in [6.07, 6.45) is -0.698. The molecule has 0 radical (unpaired) electrons. The zero-order chi connectivity index (χ0) is 22.5. The Morgan fingerprint density at radius 1 is 1.03 bits per heavy atom. The highest BCUT2D eigenvalue weighted by atomic mass is 79.9. The van der Waals surface area contributed by atoms with Crippen molar-refractivity contribution in [1.82, 2.24) is 0 Å². The highest BCUT2D eigenvalue weighted by Gasteiger charge is 2.68. The van der Waals surface area contributed by atoms with Crippen molar-refractivity contribution in [3.8, 4) is 11.5 Å². The molecular formula is C22H20BrClO7. The molecule has 0 aromatic heterocycles. The van der Waals surface area contributed by atoms with Gasteiger partial charge in [-0.05, 0) is 56.9 Å². The average Bonchev–Trinajstić information content (AvgIpc) is 3.29. The summed E-state index contributed by atoms with van der Waals surface area (Å²) in [6, 6.07) is 8.80. The number of esters is 2. The van der Waals surface area contributed by atoms with E-state index >= 15 is 0 Å². The fraction of sp³-hybridized carbons (Fsp3) is 0.364. The molecule has 2 unspecified atom stereocenters. The van der Waals surface area contributed by atoms with Crippen molar-refractivity contribution >= 4 is 39.5 Å². The Kier molecular flexibility index (Phi) is 5.66. The van der Waals surface area contributed by atoms with Gasteiger partial charge in [0.15, 0.2) is 11.5 Å². The van der Waals surface area contributed by atoms with Gasteiger partial charge < -0.3 is 23.7 Å². The minimum Gasteiger partial charge on any atom is -0.493 e. The molecule has 0 spiro atoms. The van der Waals surface area contributed by atoms with Gasteiger partial charge in [0.25, 0.3) is 0 Å². The van der Waals surface area contributed by atoms with Crippen molar-refractivity contribution in [1.29, 1.82) is 0 Å². The van der Waals surface area contributed by atoms with Crippen molar-refractivity contribution < 1.29 is 33.3 Å². The van der Waals surface area contributed by atoms with Gasteiger partial charge in [0, 0.05) is 5.02 Å². The van der Waals surface area contributed by atoms with E-state index in [9.17, 15) is 9.59 Å². The lowest BCUT2D eigenvalue weighted by molar-refractivity contribution is -0.158. The number of fused-ring (bicyclic) bond motifs is 5. The maximum Gasteiger partial charge on any atom is 0.313 e. The summed E-state index contributed by atoms with van der Waals surface area (Å²) >= 11 is 9.82. The number of hydrogen-bond acceptors (Lipinski definition) is 7. The van der Waals surface area contributed by atoms with Crippen LogP contribution in [0, 0.1) is 11.8 Å². The fourth-order valence-electron chi connectivity index (χ4n) is 4.73. The Balaban J connectivity index is 2.05. The van der Waals surface area contributed by atoms with Crippen LogP contribution in [-0.2, 0) is 29.4 Å². The van der Waals surface area contributed by atoms with Gasteiger partial charge in [-0.15, -0.1) is 0 Å². The first-order chi connectivity index (χ1) is 14.8. The molecule has 0 amide bonds. The lowest BCUT2D eigenvalue weighted by atomic mass is 9.66. The number of ether oxygens (including phenoxy) is 5. The lowest BCUT2D eigenvalue weighted by Crippen LogP contribution is -2.45. The minimum absolute atomic E-state index is 0.432. The second kappa shape index (κ2) is 8.00. The molecule has 2 aliphatic heterocycles. The van der Waals surface area contributed by atoms with Crippen molar-refractivity contribution in [2.24, 2.45) is 11.8 Å². The van der Waals surface area contributed by atoms with Crippen LogP contribution in [0.25, 0.3) is 0 Å². The third-order valence-electron chi connectivity index (χ3n) is 5.95. The molecule has 4 atom stereocenters. The smallest absolute Gasteiger partial charge is 0.313 e. The molecule has 31 heavy (non-hydrogen) atoms. The van der Waals surface area contributed by atoms with E-state index in [2.05, 4.69) is 15.9 Å². The van der Waals surface area contributed by atoms with E-state index in [4.69, 9.17) is 35.3 Å². The second-order valence-corrected chi connectivity index (χ2v) is 8.54. The number of carbonyl (C=O) groups excluding carboxylic acids is 2. The van der Waals surface area contributed by atoms with Gasteiger partial charge in [-0.1, -0.05) is 17.7 Å². The molecular weight excluding hydrogens is 492 g/mol. The predicted molar refractivity (Wildman–Crippen MR) is 114 cm³/mol. The Morgan fingerprint density at radius 3 is 2.35 bits per heavy atom. The molecule has 7 nitrogen and oxygen atoms in total. The SMILES string of the molecule is COC(=O)C1C(C(=O)OC)[C@@]2(c3cc(Br)c(OC)c(OC)c3)O[C@@H]1c1ccc(Cl)cc12. The van der Waals surface area contributed by atoms with Crippen LogP contribution in [0.2, 0.25) is 5.02 Å². The zero-order valence-corrected chi connectivity index (χ0v) is 19.6. The number of methoxy groups -OCH3 is 4. The Hall–Kier alpha value is -2.29. The topological polar surface area (TPSA) is 80.3 Å². The molecule has 0 aliphatic carbocycles. The molecule has 4 rings (SSSR count). The van der Waals surface area contributed by atoms with E-state index in [-0.39, 0.29) is 0 Å². The van der Waals surface area contributed by atoms with E-state index in [1.54, 1.807) is 24.3 Å². The molecule has 1 saturated heterocycles. The third kappa shape index (κ3) is 3.03. The largest absolute Gasteiger partial charge is 0.493 e. The summed E-state index contributed by atoms with van der Waals surface area (Å²) < 4.78 is 28.2. The van der Waals surface area contributed by atoms with Gasteiger partial charge in [0.05, 0.1) is 39.0 Å². The van der Waals surface area contributed by atoms with Gasteiger partial charge in [-0.25, -0.2) is 0 Å². The molecule has 2 bridgehead atoms. The van der Waals surface area contributed by atoms with Gasteiger partial charge in [-0.2, -0.15) is 0 Å². The standard InChI is InChI=1S/C22H20BrClO7/c1-27-15-8-10(7-14(23)19(15)28-2)22-13-9-11(24)5-6-12(13)18(31-22)16(20(25)29-3)17(22)21(26)30-4/h5-9,16-18H,1-4H3/t16?,17?,18-,22+/m1/s1. The number of rotatable bonds is 5. The van der Waals surface area contributed by atoms with Gasteiger partial charge in [-0.3, -0.25) is 9.59 Å². The first-order valence-corrected chi connectivity index (χ1v) is 10.6. The van der Waals surface area contributed by atoms with Gasteiger partial charge in [0.1, 0.15) is 17.4 Å². The average molecular weight is 512 g/mol. The van der Waals surface area contributed by atoms with E-state index in [0.29, 0.717) is 32.1 Å². The summed E-state index contributed by atoms with van der Waals surface area (Å²) in [4.78, 5) is 25.8. The van der Waals surface area contributed by atoms with Gasteiger partial charge >= 0.3 is 11.9 Å². The van der Waals surface area contributed by atoms with Crippen molar-refractivity contribution in [2.75, 3.05) is 28.4 Å². The summed E-state index contributed by atoms with van der Waals surface area (Å²) in [5, 5.41) is 0.479. The highest BCUT2D eigenvalue weighted by Crippen LogP contribution is 2.65. The first-order valence-electron chi connectivity index (χ1n) is 9.39. The number of benzene rings is 2. The highest BCUT2D eigenvalue weighted by molar-refractivity contribution is 9.10. The normalized spacial score (nSPS) is 25.7. The van der Waals surface area contributed by atoms with Crippen LogP contribution in [-0.4, -0.2) is 40.4 Å². The molecule has 0 N–H and O–H groups in total. The Bertz CT molecular complexity index is 1070. The van der Waals surface area contributed by atoms with Crippen LogP contribution in [0.5, 0.6) is 11.5 Å².